The smallest absolute Gasteiger partial charge is 0.182 e. The molecule has 0 fully saturated rings. The molecular weight excluding hydrogens is 292 g/mol. The van der Waals surface area contributed by atoms with Crippen molar-refractivity contribution in [2.45, 2.75) is 58.9 Å². The van der Waals surface area contributed by atoms with E-state index in [1.807, 2.05) is 5.38 Å². The van der Waals surface area contributed by atoms with Crippen LogP contribution in [0.15, 0.2) is 23.7 Å². The van der Waals surface area contributed by atoms with Gasteiger partial charge in [-0.05, 0) is 28.0 Å². The van der Waals surface area contributed by atoms with E-state index >= 15 is 0 Å². The molecule has 1 aromatic carbocycles. The lowest BCUT2D eigenvalue weighted by Gasteiger charge is -2.27. The van der Waals surface area contributed by atoms with Gasteiger partial charge in [0.05, 0.1) is 0 Å². The third-order valence-corrected chi connectivity index (χ3v) is 4.46. The number of anilines is 1. The van der Waals surface area contributed by atoms with Crippen LogP contribution >= 0.6 is 11.3 Å². The van der Waals surface area contributed by atoms with E-state index in [1.165, 1.54) is 5.56 Å². The lowest BCUT2D eigenvalue weighted by atomic mass is 9.79. The average molecular weight is 318 g/mol. The normalized spacial score (nSPS) is 12.5. The van der Waals surface area contributed by atoms with Crippen molar-refractivity contribution >= 4 is 16.5 Å². The Hall–Kier alpha value is -1.55. The van der Waals surface area contributed by atoms with Crippen LogP contribution in [-0.2, 0) is 17.4 Å². The molecule has 2 aromatic rings. The van der Waals surface area contributed by atoms with Crippen molar-refractivity contribution in [2.75, 3.05) is 5.32 Å². The van der Waals surface area contributed by atoms with Crippen LogP contribution in [-0.4, -0.2) is 10.1 Å². The Balaban J connectivity index is 2.42. The first-order chi connectivity index (χ1) is 10.1. The summed E-state index contributed by atoms with van der Waals surface area (Å²) in [6.07, 6.45) is 1.78. The second-order valence-corrected chi connectivity index (χ2v) is 8.62. The Morgan fingerprint density at radius 1 is 1.09 bits per heavy atom. The molecule has 0 aliphatic rings. The first-order valence-corrected chi connectivity index (χ1v) is 8.47. The maximum Gasteiger partial charge on any atom is 0.182 e. The van der Waals surface area contributed by atoms with E-state index in [9.17, 15) is 5.11 Å². The minimum atomic E-state index is -0.0960. The molecule has 0 aliphatic carbocycles. The zero-order chi connectivity index (χ0) is 16.5. The highest BCUT2D eigenvalue weighted by atomic mass is 32.1. The van der Waals surface area contributed by atoms with E-state index in [2.05, 4.69) is 64.0 Å². The summed E-state index contributed by atoms with van der Waals surface area (Å²) in [6, 6.07) is 4.24. The van der Waals surface area contributed by atoms with Crippen molar-refractivity contribution in [2.24, 2.45) is 0 Å². The zero-order valence-electron chi connectivity index (χ0n) is 14.3. The van der Waals surface area contributed by atoms with E-state index in [-0.39, 0.29) is 10.8 Å². The number of rotatable bonds is 3. The minimum absolute atomic E-state index is 0.0453. The number of phenols is 1. The fraction of sp³-hybridized carbons (Fsp3) is 0.500. The average Bonchev–Trinajstić information content (AvgIpc) is 2.87. The Morgan fingerprint density at radius 2 is 1.77 bits per heavy atom. The lowest BCUT2D eigenvalue weighted by molar-refractivity contribution is 0.439. The number of aromatic nitrogens is 1. The van der Waals surface area contributed by atoms with Gasteiger partial charge in [-0.15, -0.1) is 11.3 Å². The van der Waals surface area contributed by atoms with Crippen LogP contribution in [0.4, 0.5) is 5.13 Å². The number of nitrogens with one attached hydrogen (secondary N) is 1. The van der Waals surface area contributed by atoms with Gasteiger partial charge in [-0.1, -0.05) is 47.6 Å². The molecule has 0 atom stereocenters. The lowest BCUT2D eigenvalue weighted by Crippen LogP contribution is -2.18. The minimum Gasteiger partial charge on any atom is -0.507 e. The Bertz CT molecular complexity index is 634. The second kappa shape index (κ2) is 5.92. The number of hydrogen-bond acceptors (Lipinski definition) is 4. The largest absolute Gasteiger partial charge is 0.507 e. The number of thiazole rings is 1. The summed E-state index contributed by atoms with van der Waals surface area (Å²) in [7, 11) is 0. The summed E-state index contributed by atoms with van der Waals surface area (Å²) in [6.45, 7) is 13.6. The van der Waals surface area contributed by atoms with Gasteiger partial charge in [0.15, 0.2) is 5.13 Å². The van der Waals surface area contributed by atoms with Gasteiger partial charge in [0, 0.05) is 23.7 Å². The number of aromatic hydroxyl groups is 1. The van der Waals surface area contributed by atoms with Gasteiger partial charge in [0.1, 0.15) is 5.75 Å². The molecule has 2 N–H and O–H groups in total. The van der Waals surface area contributed by atoms with Crippen LogP contribution in [0, 0.1) is 0 Å². The molecule has 0 saturated carbocycles. The molecule has 0 unspecified atom stereocenters. The van der Waals surface area contributed by atoms with E-state index in [0.717, 1.165) is 16.3 Å². The van der Waals surface area contributed by atoms with Crippen LogP contribution in [0.5, 0.6) is 5.75 Å². The van der Waals surface area contributed by atoms with E-state index in [0.29, 0.717) is 12.3 Å². The third-order valence-electron chi connectivity index (χ3n) is 3.73. The molecule has 0 saturated heterocycles. The summed E-state index contributed by atoms with van der Waals surface area (Å²) in [5.74, 6) is 0.393. The Kier molecular flexibility index (Phi) is 4.52. The molecule has 2 rings (SSSR count). The molecule has 0 radical (unpaired) electrons. The van der Waals surface area contributed by atoms with Crippen LogP contribution < -0.4 is 5.32 Å². The predicted octanol–water partition coefficient (Wildman–Crippen LogP) is 5.06. The zero-order valence-corrected chi connectivity index (χ0v) is 15.1. The fourth-order valence-electron chi connectivity index (χ4n) is 2.32. The topological polar surface area (TPSA) is 45.2 Å². The van der Waals surface area contributed by atoms with Crippen molar-refractivity contribution in [3.05, 3.63) is 40.4 Å². The van der Waals surface area contributed by atoms with Gasteiger partial charge in [-0.2, -0.15) is 0 Å². The molecule has 0 spiro atoms. The molecular formula is C18H26N2OS. The Morgan fingerprint density at radius 3 is 2.27 bits per heavy atom. The summed E-state index contributed by atoms with van der Waals surface area (Å²) >= 11 is 1.56. The third kappa shape index (κ3) is 3.80. The molecule has 3 nitrogen and oxygen atoms in total. The van der Waals surface area contributed by atoms with Crippen molar-refractivity contribution in [1.82, 2.24) is 4.98 Å². The monoisotopic (exact) mass is 318 g/mol. The highest BCUT2D eigenvalue weighted by Gasteiger charge is 2.24. The van der Waals surface area contributed by atoms with E-state index < -0.39 is 0 Å². The van der Waals surface area contributed by atoms with Gasteiger partial charge in [-0.25, -0.2) is 4.98 Å². The van der Waals surface area contributed by atoms with Crippen LogP contribution in [0.2, 0.25) is 0 Å². The summed E-state index contributed by atoms with van der Waals surface area (Å²) in [5, 5.41) is 16.8. The highest BCUT2D eigenvalue weighted by molar-refractivity contribution is 7.13. The fourth-order valence-corrected chi connectivity index (χ4v) is 2.84. The first kappa shape index (κ1) is 16.8. The first-order valence-electron chi connectivity index (χ1n) is 7.59. The summed E-state index contributed by atoms with van der Waals surface area (Å²) in [5.41, 5.74) is 3.11. The second-order valence-electron chi connectivity index (χ2n) is 7.72. The quantitative estimate of drug-likeness (QED) is 0.832. The van der Waals surface area contributed by atoms with Gasteiger partial charge in [0.25, 0.3) is 0 Å². The van der Waals surface area contributed by atoms with Crippen LogP contribution in [0.25, 0.3) is 0 Å². The van der Waals surface area contributed by atoms with E-state index in [4.69, 9.17) is 0 Å². The summed E-state index contributed by atoms with van der Waals surface area (Å²) < 4.78 is 0. The summed E-state index contributed by atoms with van der Waals surface area (Å²) in [4.78, 5) is 4.23. The molecule has 0 aliphatic heterocycles. The highest BCUT2D eigenvalue weighted by Crippen LogP contribution is 2.37. The Labute approximate surface area is 137 Å². The number of hydrogen-bond donors (Lipinski definition) is 2. The molecule has 1 heterocycles. The van der Waals surface area contributed by atoms with Crippen LogP contribution in [0.1, 0.15) is 58.2 Å². The molecule has 22 heavy (non-hydrogen) atoms. The molecule has 0 amide bonds. The number of phenolic OH excluding ortho intramolecular Hbond substituents is 1. The molecule has 0 bridgehead atoms. The van der Waals surface area contributed by atoms with Crippen molar-refractivity contribution in [3.8, 4) is 5.75 Å². The van der Waals surface area contributed by atoms with Gasteiger partial charge < -0.3 is 10.4 Å². The number of benzene rings is 1. The number of nitrogens with zero attached hydrogens (tertiary/aromatic N) is 1. The molecule has 120 valence electrons. The van der Waals surface area contributed by atoms with E-state index in [1.54, 1.807) is 17.5 Å². The maximum absolute atomic E-state index is 10.7. The van der Waals surface area contributed by atoms with Gasteiger partial charge in [0.2, 0.25) is 0 Å². The SMILES string of the molecule is CC(C)(C)c1cc(CNc2nccs2)c(O)c(C(C)(C)C)c1. The molecule has 1 aromatic heterocycles. The van der Waals surface area contributed by atoms with Crippen molar-refractivity contribution in [3.63, 3.8) is 0 Å². The van der Waals surface area contributed by atoms with Gasteiger partial charge >= 0.3 is 0 Å². The van der Waals surface area contributed by atoms with Crippen molar-refractivity contribution in [1.29, 1.82) is 0 Å². The predicted molar refractivity (Wildman–Crippen MR) is 94.9 cm³/mol. The molecule has 4 heteroatoms. The maximum atomic E-state index is 10.7. The van der Waals surface area contributed by atoms with Crippen molar-refractivity contribution < 1.29 is 5.11 Å². The van der Waals surface area contributed by atoms with Gasteiger partial charge in [-0.3, -0.25) is 0 Å². The van der Waals surface area contributed by atoms with Crippen LogP contribution in [0.3, 0.4) is 0 Å². The standard InChI is InChI=1S/C18H26N2OS/c1-17(2,3)13-9-12(11-20-16-19-7-8-22-16)15(21)14(10-13)18(4,5)6/h7-10,21H,11H2,1-6H3,(H,19,20).